The lowest BCUT2D eigenvalue weighted by Gasteiger charge is -2.32. The van der Waals surface area contributed by atoms with Gasteiger partial charge >= 0.3 is 0 Å². The van der Waals surface area contributed by atoms with Gasteiger partial charge in [0, 0.05) is 0 Å². The van der Waals surface area contributed by atoms with E-state index in [9.17, 15) is 9.18 Å². The van der Waals surface area contributed by atoms with Crippen molar-refractivity contribution in [2.24, 2.45) is 5.41 Å². The molecule has 0 fully saturated rings. The zero-order valence-electron chi connectivity index (χ0n) is 14.9. The average molecular weight is 324 g/mol. The second kappa shape index (κ2) is 8.87. The monoisotopic (exact) mass is 324 g/mol. The molecular weight excluding hydrogens is 295 g/mol. The summed E-state index contributed by atoms with van der Waals surface area (Å²) in [5, 5.41) is 3.02. The molecule has 1 aromatic carbocycles. The molecule has 0 radical (unpaired) electrons. The summed E-state index contributed by atoms with van der Waals surface area (Å²) in [6.07, 6.45) is 0. The van der Waals surface area contributed by atoms with E-state index < -0.39 is 5.82 Å². The maximum absolute atomic E-state index is 13.6. The number of likely N-dealkylation sites (N-methyl/N-ethyl adjacent to an activating group) is 1. The highest BCUT2D eigenvalue weighted by molar-refractivity contribution is 5.78. The van der Waals surface area contributed by atoms with Crippen molar-refractivity contribution in [3.05, 3.63) is 30.1 Å². The van der Waals surface area contributed by atoms with Crippen molar-refractivity contribution < 1.29 is 13.9 Å². The van der Waals surface area contributed by atoms with Crippen LogP contribution in [0.5, 0.6) is 5.75 Å². The van der Waals surface area contributed by atoms with Crippen LogP contribution in [0.2, 0.25) is 0 Å². The zero-order chi connectivity index (χ0) is 17.5. The van der Waals surface area contributed by atoms with E-state index in [-0.39, 0.29) is 29.7 Å². The number of nitrogens with one attached hydrogen (secondary N) is 1. The van der Waals surface area contributed by atoms with Gasteiger partial charge in [-0.25, -0.2) is 4.39 Å². The second-order valence-electron chi connectivity index (χ2n) is 6.69. The lowest BCUT2D eigenvalue weighted by Crippen LogP contribution is -2.50. The van der Waals surface area contributed by atoms with Crippen LogP contribution in [0.25, 0.3) is 0 Å². The fourth-order valence-electron chi connectivity index (χ4n) is 2.13. The molecule has 1 unspecified atom stereocenters. The van der Waals surface area contributed by atoms with Crippen LogP contribution in [-0.2, 0) is 4.79 Å². The van der Waals surface area contributed by atoms with Gasteiger partial charge in [0.1, 0.15) is 6.61 Å². The Bertz CT molecular complexity index is 496. The molecular formula is C18H29FN2O2. The lowest BCUT2D eigenvalue weighted by molar-refractivity contribution is -0.124. The number of hydrogen-bond donors (Lipinski definition) is 1. The number of carbonyl (C=O) groups is 1. The standard InChI is InChI=1S/C18H29FN2O2/c1-6-21(7-2)12-17(22)20-16(18(3,4)5)13-23-15-11-9-8-10-14(15)19/h8-11,16H,6-7,12-13H2,1-5H3,(H,20,22). The molecule has 1 N–H and O–H groups in total. The molecule has 0 heterocycles. The number of nitrogens with zero attached hydrogens (tertiary/aromatic N) is 1. The largest absolute Gasteiger partial charge is 0.488 e. The Labute approximate surface area is 139 Å². The first kappa shape index (κ1) is 19.4. The number of hydrogen-bond acceptors (Lipinski definition) is 3. The first-order valence-corrected chi connectivity index (χ1v) is 8.17. The average Bonchev–Trinajstić information content (AvgIpc) is 2.49. The Kier molecular flexibility index (Phi) is 7.49. The highest BCUT2D eigenvalue weighted by atomic mass is 19.1. The Morgan fingerprint density at radius 2 is 1.87 bits per heavy atom. The molecule has 0 aliphatic carbocycles. The molecule has 5 heteroatoms. The van der Waals surface area contributed by atoms with Gasteiger partial charge in [-0.05, 0) is 30.6 Å². The van der Waals surface area contributed by atoms with Gasteiger partial charge in [-0.15, -0.1) is 0 Å². The molecule has 0 saturated carbocycles. The van der Waals surface area contributed by atoms with E-state index in [4.69, 9.17) is 4.74 Å². The molecule has 1 atom stereocenters. The summed E-state index contributed by atoms with van der Waals surface area (Å²) in [7, 11) is 0. The van der Waals surface area contributed by atoms with Crippen LogP contribution in [-0.4, -0.2) is 43.1 Å². The van der Waals surface area contributed by atoms with Gasteiger partial charge in [0.05, 0.1) is 12.6 Å². The topological polar surface area (TPSA) is 41.6 Å². The van der Waals surface area contributed by atoms with E-state index in [2.05, 4.69) is 5.32 Å². The van der Waals surface area contributed by atoms with Gasteiger partial charge in [-0.2, -0.15) is 0 Å². The molecule has 0 aliphatic heterocycles. The summed E-state index contributed by atoms with van der Waals surface area (Å²) in [6, 6.07) is 6.09. The molecule has 1 aromatic rings. The molecule has 1 amide bonds. The fourth-order valence-corrected chi connectivity index (χ4v) is 2.13. The van der Waals surface area contributed by atoms with Crippen LogP contribution in [0.1, 0.15) is 34.6 Å². The predicted molar refractivity (Wildman–Crippen MR) is 91.1 cm³/mol. The number of ether oxygens (including phenoxy) is 1. The fraction of sp³-hybridized carbons (Fsp3) is 0.611. The van der Waals surface area contributed by atoms with E-state index in [1.165, 1.54) is 6.07 Å². The molecule has 4 nitrogen and oxygen atoms in total. The Morgan fingerprint density at radius 3 is 2.39 bits per heavy atom. The second-order valence-corrected chi connectivity index (χ2v) is 6.69. The minimum Gasteiger partial charge on any atom is -0.488 e. The normalized spacial score (nSPS) is 13.0. The zero-order valence-corrected chi connectivity index (χ0v) is 14.9. The van der Waals surface area contributed by atoms with Crippen LogP contribution >= 0.6 is 0 Å². The quantitative estimate of drug-likeness (QED) is 0.799. The number of para-hydroxylation sites is 1. The summed E-state index contributed by atoms with van der Waals surface area (Å²) < 4.78 is 19.2. The number of carbonyl (C=O) groups excluding carboxylic acids is 1. The van der Waals surface area contributed by atoms with Gasteiger partial charge in [-0.3, -0.25) is 9.69 Å². The maximum atomic E-state index is 13.6. The molecule has 0 aliphatic rings. The van der Waals surface area contributed by atoms with Gasteiger partial charge in [0.15, 0.2) is 11.6 Å². The van der Waals surface area contributed by atoms with E-state index in [1.54, 1.807) is 18.2 Å². The van der Waals surface area contributed by atoms with Gasteiger partial charge in [0.2, 0.25) is 5.91 Å². The lowest BCUT2D eigenvalue weighted by atomic mass is 9.87. The van der Waals surface area contributed by atoms with Crippen LogP contribution < -0.4 is 10.1 Å². The van der Waals surface area contributed by atoms with Crippen LogP contribution in [0.3, 0.4) is 0 Å². The Morgan fingerprint density at radius 1 is 1.26 bits per heavy atom. The Hall–Kier alpha value is -1.62. The third-order valence-corrected chi connectivity index (χ3v) is 3.88. The smallest absolute Gasteiger partial charge is 0.234 e. The minimum absolute atomic E-state index is 0.0363. The van der Waals surface area contributed by atoms with Crippen molar-refractivity contribution in [1.82, 2.24) is 10.2 Å². The van der Waals surface area contributed by atoms with Crippen molar-refractivity contribution in [3.63, 3.8) is 0 Å². The molecule has 0 aromatic heterocycles. The molecule has 0 bridgehead atoms. The Balaban J connectivity index is 2.67. The highest BCUT2D eigenvalue weighted by Crippen LogP contribution is 2.22. The predicted octanol–water partition coefficient (Wildman–Crippen LogP) is 3.08. The molecule has 23 heavy (non-hydrogen) atoms. The molecule has 0 spiro atoms. The van der Waals surface area contributed by atoms with Gasteiger partial charge in [0.25, 0.3) is 0 Å². The SMILES string of the molecule is CCN(CC)CC(=O)NC(COc1ccccc1F)C(C)(C)C. The van der Waals surface area contributed by atoms with Crippen molar-refractivity contribution in [3.8, 4) is 5.75 Å². The third-order valence-electron chi connectivity index (χ3n) is 3.88. The number of amides is 1. The molecule has 130 valence electrons. The van der Waals surface area contributed by atoms with E-state index >= 15 is 0 Å². The van der Waals surface area contributed by atoms with Gasteiger partial charge < -0.3 is 10.1 Å². The van der Waals surface area contributed by atoms with Crippen LogP contribution in [0, 0.1) is 11.2 Å². The van der Waals surface area contributed by atoms with Crippen molar-refractivity contribution in [2.45, 2.75) is 40.7 Å². The summed E-state index contributed by atoms with van der Waals surface area (Å²) in [5.74, 6) is -0.222. The van der Waals surface area contributed by atoms with Crippen LogP contribution in [0.15, 0.2) is 24.3 Å². The van der Waals surface area contributed by atoms with E-state index in [1.807, 2.05) is 39.5 Å². The first-order valence-electron chi connectivity index (χ1n) is 8.17. The summed E-state index contributed by atoms with van der Waals surface area (Å²) in [6.45, 7) is 12.4. The summed E-state index contributed by atoms with van der Waals surface area (Å²) in [5.41, 5.74) is -0.190. The van der Waals surface area contributed by atoms with E-state index in [0.717, 1.165) is 13.1 Å². The number of benzene rings is 1. The molecule has 1 rings (SSSR count). The number of rotatable bonds is 8. The third kappa shape index (κ3) is 6.57. The van der Waals surface area contributed by atoms with E-state index in [0.29, 0.717) is 6.54 Å². The summed E-state index contributed by atoms with van der Waals surface area (Å²) >= 11 is 0. The van der Waals surface area contributed by atoms with Crippen molar-refractivity contribution >= 4 is 5.91 Å². The first-order chi connectivity index (χ1) is 10.8. The van der Waals surface area contributed by atoms with Gasteiger partial charge in [-0.1, -0.05) is 46.8 Å². The summed E-state index contributed by atoms with van der Waals surface area (Å²) in [4.78, 5) is 14.3. The number of halogens is 1. The van der Waals surface area contributed by atoms with Crippen molar-refractivity contribution in [1.29, 1.82) is 0 Å². The van der Waals surface area contributed by atoms with Crippen molar-refractivity contribution in [2.75, 3.05) is 26.2 Å². The van der Waals surface area contributed by atoms with Crippen LogP contribution in [0.4, 0.5) is 4.39 Å². The molecule has 0 saturated heterocycles. The highest BCUT2D eigenvalue weighted by Gasteiger charge is 2.27. The minimum atomic E-state index is -0.394. The maximum Gasteiger partial charge on any atom is 0.234 e.